The number of benzene rings is 2. The number of hydrogen-bond donors (Lipinski definition) is 0. The monoisotopic (exact) mass is 440 g/mol. The van der Waals surface area contributed by atoms with Crippen molar-refractivity contribution in [3.8, 4) is 28.4 Å². The van der Waals surface area contributed by atoms with Crippen molar-refractivity contribution < 1.29 is 13.7 Å². The molecule has 0 amide bonds. The summed E-state index contributed by atoms with van der Waals surface area (Å²) in [6, 6.07) is 14.9. The van der Waals surface area contributed by atoms with Gasteiger partial charge >= 0.3 is 0 Å². The maximum Gasteiger partial charge on any atom is 0.266 e. The molecule has 0 saturated heterocycles. The van der Waals surface area contributed by atoms with Gasteiger partial charge < -0.3 is 9.26 Å². The Bertz CT molecular complexity index is 1250. The summed E-state index contributed by atoms with van der Waals surface area (Å²) in [7, 11) is 0. The van der Waals surface area contributed by atoms with Crippen molar-refractivity contribution in [2.75, 3.05) is 6.61 Å². The van der Waals surface area contributed by atoms with Crippen LogP contribution < -0.4 is 10.3 Å². The number of halogens is 2. The first-order chi connectivity index (χ1) is 15.0. The number of ether oxygens (including phenoxy) is 1. The molecule has 4 rings (SSSR count). The molecule has 0 fully saturated rings. The van der Waals surface area contributed by atoms with Crippen LogP contribution in [0.15, 0.2) is 63.9 Å². The maximum absolute atomic E-state index is 13.7. The molecule has 0 N–H and O–H groups in total. The second kappa shape index (κ2) is 9.09. The molecule has 158 valence electrons. The molecule has 0 bridgehead atoms. The summed E-state index contributed by atoms with van der Waals surface area (Å²) in [5.74, 6) is 0.763. The summed E-state index contributed by atoms with van der Waals surface area (Å²) in [6.07, 6.45) is 0.294. The van der Waals surface area contributed by atoms with Gasteiger partial charge in [-0.1, -0.05) is 16.8 Å². The molecule has 0 spiro atoms. The van der Waals surface area contributed by atoms with E-state index in [4.69, 9.17) is 20.9 Å². The first-order valence-electron chi connectivity index (χ1n) is 9.63. The molecule has 0 aliphatic heterocycles. The third-order valence-electron chi connectivity index (χ3n) is 4.51. The lowest BCUT2D eigenvalue weighted by Crippen LogP contribution is -2.23. The lowest BCUT2D eigenvalue weighted by atomic mass is 10.1. The standard InChI is InChI=1S/C22H18ClFN4O3/c1-2-30-16-6-3-14(4-7-16)19-9-10-21(29)28(26-19)12-11-20-25-22(27-31-20)15-5-8-17(23)18(24)13-15/h3-10,13H,2,11-12H2,1H3. The average molecular weight is 441 g/mol. The minimum Gasteiger partial charge on any atom is -0.494 e. The van der Waals surface area contributed by atoms with Gasteiger partial charge in [0.1, 0.15) is 11.6 Å². The van der Waals surface area contributed by atoms with Crippen molar-refractivity contribution in [3.63, 3.8) is 0 Å². The normalized spacial score (nSPS) is 10.9. The van der Waals surface area contributed by atoms with E-state index in [1.54, 1.807) is 12.1 Å². The van der Waals surface area contributed by atoms with Crippen molar-refractivity contribution in [1.82, 2.24) is 19.9 Å². The fourth-order valence-electron chi connectivity index (χ4n) is 2.96. The molecule has 9 heteroatoms. The van der Waals surface area contributed by atoms with E-state index >= 15 is 0 Å². The maximum atomic E-state index is 13.7. The first kappa shape index (κ1) is 20.7. The first-order valence-corrected chi connectivity index (χ1v) is 10.0. The number of hydrogen-bond acceptors (Lipinski definition) is 6. The molecule has 7 nitrogen and oxygen atoms in total. The summed E-state index contributed by atoms with van der Waals surface area (Å²) >= 11 is 5.70. The highest BCUT2D eigenvalue weighted by molar-refractivity contribution is 6.30. The Balaban J connectivity index is 1.48. The Morgan fingerprint density at radius 1 is 1.10 bits per heavy atom. The van der Waals surface area contributed by atoms with Gasteiger partial charge in [-0.2, -0.15) is 10.1 Å². The van der Waals surface area contributed by atoms with Gasteiger partial charge in [0.05, 0.1) is 23.9 Å². The second-order valence-corrected chi connectivity index (χ2v) is 7.04. The molecule has 4 aromatic rings. The SMILES string of the molecule is CCOc1ccc(-c2ccc(=O)n(CCc3nc(-c4ccc(Cl)c(F)c4)no3)n2)cc1. The highest BCUT2D eigenvalue weighted by atomic mass is 35.5. The van der Waals surface area contributed by atoms with Gasteiger partial charge in [-0.05, 0) is 55.5 Å². The molecule has 2 aromatic heterocycles. The van der Waals surface area contributed by atoms with Crippen LogP contribution in [0.1, 0.15) is 12.8 Å². The number of aryl methyl sites for hydroxylation is 2. The van der Waals surface area contributed by atoms with Gasteiger partial charge in [0.25, 0.3) is 5.56 Å². The summed E-state index contributed by atoms with van der Waals surface area (Å²) in [5, 5.41) is 8.31. The highest BCUT2D eigenvalue weighted by Crippen LogP contribution is 2.22. The smallest absolute Gasteiger partial charge is 0.266 e. The molecule has 0 atom stereocenters. The fourth-order valence-corrected chi connectivity index (χ4v) is 3.08. The molecule has 2 aromatic carbocycles. The van der Waals surface area contributed by atoms with Gasteiger partial charge in [-0.25, -0.2) is 9.07 Å². The van der Waals surface area contributed by atoms with E-state index in [1.165, 1.54) is 22.9 Å². The van der Waals surface area contributed by atoms with Crippen LogP contribution >= 0.6 is 11.6 Å². The van der Waals surface area contributed by atoms with Gasteiger partial charge in [-0.15, -0.1) is 0 Å². The zero-order chi connectivity index (χ0) is 21.8. The van der Waals surface area contributed by atoms with Crippen LogP contribution in [0.3, 0.4) is 0 Å². The molecular weight excluding hydrogens is 423 g/mol. The minimum atomic E-state index is -0.563. The zero-order valence-corrected chi connectivity index (χ0v) is 17.3. The van der Waals surface area contributed by atoms with Gasteiger partial charge in [0.15, 0.2) is 0 Å². The lowest BCUT2D eigenvalue weighted by Gasteiger charge is -2.07. The van der Waals surface area contributed by atoms with Gasteiger partial charge in [-0.3, -0.25) is 4.79 Å². The van der Waals surface area contributed by atoms with Crippen LogP contribution in [0.5, 0.6) is 5.75 Å². The Morgan fingerprint density at radius 2 is 1.87 bits per heavy atom. The van der Waals surface area contributed by atoms with E-state index in [9.17, 15) is 9.18 Å². The van der Waals surface area contributed by atoms with E-state index in [2.05, 4.69) is 15.2 Å². The molecule has 0 radical (unpaired) electrons. The molecular formula is C22H18ClFN4O3. The van der Waals surface area contributed by atoms with Crippen LogP contribution in [-0.2, 0) is 13.0 Å². The topological polar surface area (TPSA) is 83.0 Å². The molecule has 0 aliphatic rings. The largest absolute Gasteiger partial charge is 0.494 e. The van der Waals surface area contributed by atoms with Crippen LogP contribution in [-0.4, -0.2) is 26.5 Å². The van der Waals surface area contributed by atoms with Crippen LogP contribution in [0.25, 0.3) is 22.6 Å². The minimum absolute atomic E-state index is 0.0188. The van der Waals surface area contributed by atoms with E-state index in [1.807, 2.05) is 31.2 Å². The van der Waals surface area contributed by atoms with Crippen molar-refractivity contribution in [3.05, 3.63) is 81.7 Å². The highest BCUT2D eigenvalue weighted by Gasteiger charge is 2.12. The molecule has 0 aliphatic carbocycles. The lowest BCUT2D eigenvalue weighted by molar-refractivity contribution is 0.340. The molecule has 0 saturated carbocycles. The number of rotatable bonds is 7. The Labute approximate surface area is 182 Å². The van der Waals surface area contributed by atoms with Crippen LogP contribution in [0, 0.1) is 5.82 Å². The Morgan fingerprint density at radius 3 is 2.61 bits per heavy atom. The van der Waals surface area contributed by atoms with Crippen LogP contribution in [0.4, 0.5) is 4.39 Å². The fraction of sp³-hybridized carbons (Fsp3) is 0.182. The summed E-state index contributed by atoms with van der Waals surface area (Å²) in [5.41, 5.74) is 1.73. The molecule has 0 unspecified atom stereocenters. The predicted octanol–water partition coefficient (Wildman–Crippen LogP) is 4.39. The number of nitrogens with zero attached hydrogens (tertiary/aromatic N) is 4. The summed E-state index contributed by atoms with van der Waals surface area (Å²) in [6.45, 7) is 2.76. The predicted molar refractivity (Wildman–Crippen MR) is 114 cm³/mol. The van der Waals surface area contributed by atoms with Crippen molar-refractivity contribution in [2.45, 2.75) is 19.9 Å². The van der Waals surface area contributed by atoms with Gasteiger partial charge in [0, 0.05) is 23.6 Å². The van der Waals surface area contributed by atoms with E-state index in [-0.39, 0.29) is 23.0 Å². The van der Waals surface area contributed by atoms with E-state index in [0.29, 0.717) is 30.2 Å². The molecule has 2 heterocycles. The van der Waals surface area contributed by atoms with Crippen LogP contribution in [0.2, 0.25) is 5.02 Å². The Kier molecular flexibility index (Phi) is 6.08. The van der Waals surface area contributed by atoms with Crippen molar-refractivity contribution in [2.24, 2.45) is 0 Å². The zero-order valence-electron chi connectivity index (χ0n) is 16.6. The number of aromatic nitrogens is 4. The van der Waals surface area contributed by atoms with Crippen molar-refractivity contribution >= 4 is 11.6 Å². The Hall–Kier alpha value is -3.52. The second-order valence-electron chi connectivity index (χ2n) is 6.63. The van der Waals surface area contributed by atoms with Gasteiger partial charge in [0.2, 0.25) is 11.7 Å². The van der Waals surface area contributed by atoms with E-state index < -0.39 is 5.82 Å². The average Bonchev–Trinajstić information content (AvgIpc) is 3.25. The molecule has 31 heavy (non-hydrogen) atoms. The third-order valence-corrected chi connectivity index (χ3v) is 4.82. The van der Waals surface area contributed by atoms with Crippen molar-refractivity contribution in [1.29, 1.82) is 0 Å². The quantitative estimate of drug-likeness (QED) is 0.423. The third kappa shape index (κ3) is 4.80. The summed E-state index contributed by atoms with van der Waals surface area (Å²) in [4.78, 5) is 16.5. The van der Waals surface area contributed by atoms with E-state index in [0.717, 1.165) is 11.3 Å². The summed E-state index contributed by atoms with van der Waals surface area (Å²) < 4.78 is 25.7.